The van der Waals surface area contributed by atoms with Gasteiger partial charge in [0, 0.05) is 0 Å². The number of benzene rings is 1. The van der Waals surface area contributed by atoms with Crippen molar-refractivity contribution in [3.63, 3.8) is 0 Å². The summed E-state index contributed by atoms with van der Waals surface area (Å²) in [7, 11) is 1.62. The van der Waals surface area contributed by atoms with Gasteiger partial charge in [0.25, 0.3) is 5.91 Å². The van der Waals surface area contributed by atoms with Gasteiger partial charge >= 0.3 is 0 Å². The van der Waals surface area contributed by atoms with Crippen LogP contribution in [0.25, 0.3) is 5.57 Å². The first kappa shape index (κ1) is 12.1. The van der Waals surface area contributed by atoms with E-state index in [4.69, 9.17) is 17.0 Å². The first-order valence-electron chi connectivity index (χ1n) is 5.00. The molecule has 1 fully saturated rings. The first-order chi connectivity index (χ1) is 8.11. The van der Waals surface area contributed by atoms with Gasteiger partial charge in [-0.05, 0) is 30.2 Å². The Bertz CT molecular complexity index is 506. The van der Waals surface area contributed by atoms with E-state index in [0.29, 0.717) is 9.23 Å². The Labute approximate surface area is 109 Å². The van der Waals surface area contributed by atoms with Crippen molar-refractivity contribution in [1.82, 2.24) is 5.32 Å². The molecule has 1 amide bonds. The van der Waals surface area contributed by atoms with Crippen LogP contribution >= 0.6 is 24.0 Å². The molecular weight excluding hydrogens is 254 g/mol. The molecule has 1 saturated heterocycles. The summed E-state index contributed by atoms with van der Waals surface area (Å²) in [6.07, 6.45) is 0. The Morgan fingerprint density at radius 2 is 2.00 bits per heavy atom. The maximum atomic E-state index is 11.6. The quantitative estimate of drug-likeness (QED) is 0.659. The van der Waals surface area contributed by atoms with Gasteiger partial charge in [0.2, 0.25) is 0 Å². The van der Waals surface area contributed by atoms with Crippen LogP contribution in [0.5, 0.6) is 5.75 Å². The zero-order chi connectivity index (χ0) is 12.4. The molecule has 0 bridgehead atoms. The van der Waals surface area contributed by atoms with Crippen LogP contribution in [0.1, 0.15) is 12.5 Å². The summed E-state index contributed by atoms with van der Waals surface area (Å²) < 4.78 is 5.60. The van der Waals surface area contributed by atoms with Gasteiger partial charge in [-0.1, -0.05) is 36.1 Å². The van der Waals surface area contributed by atoms with E-state index in [1.165, 1.54) is 11.8 Å². The Hall–Kier alpha value is -1.33. The molecular formula is C12H11NO2S2. The van der Waals surface area contributed by atoms with E-state index in [0.717, 1.165) is 16.9 Å². The minimum absolute atomic E-state index is 0.117. The largest absolute Gasteiger partial charge is 0.497 e. The van der Waals surface area contributed by atoms with Crippen molar-refractivity contribution in [3.8, 4) is 5.75 Å². The van der Waals surface area contributed by atoms with E-state index in [2.05, 4.69) is 5.32 Å². The first-order valence-corrected chi connectivity index (χ1v) is 6.22. The number of amides is 1. The van der Waals surface area contributed by atoms with Crippen LogP contribution in [0, 0.1) is 0 Å². The highest BCUT2D eigenvalue weighted by atomic mass is 32.2. The fraction of sp³-hybridized carbons (Fsp3) is 0.167. The van der Waals surface area contributed by atoms with Gasteiger partial charge in [0.1, 0.15) is 10.1 Å². The number of hydrogen-bond donors (Lipinski definition) is 1. The number of thiocarbonyl (C=S) groups is 1. The molecule has 0 atom stereocenters. The molecule has 0 radical (unpaired) electrons. The summed E-state index contributed by atoms with van der Waals surface area (Å²) in [5.74, 6) is 0.680. The molecule has 88 valence electrons. The fourth-order valence-electron chi connectivity index (χ4n) is 1.53. The van der Waals surface area contributed by atoms with Crippen LogP contribution in [0.2, 0.25) is 0 Å². The van der Waals surface area contributed by atoms with Crippen molar-refractivity contribution in [3.05, 3.63) is 34.7 Å². The van der Waals surface area contributed by atoms with E-state index >= 15 is 0 Å². The SMILES string of the molecule is COc1ccc(/C(C)=C2\SC(=S)NC2=O)cc1. The van der Waals surface area contributed by atoms with Gasteiger partial charge in [-0.25, -0.2) is 0 Å². The third-order valence-electron chi connectivity index (χ3n) is 2.48. The summed E-state index contributed by atoms with van der Waals surface area (Å²) in [6, 6.07) is 7.59. The van der Waals surface area contributed by atoms with Gasteiger partial charge in [-0.3, -0.25) is 4.79 Å². The van der Waals surface area contributed by atoms with E-state index in [-0.39, 0.29) is 5.91 Å². The number of methoxy groups -OCH3 is 1. The third kappa shape index (κ3) is 2.50. The van der Waals surface area contributed by atoms with Crippen LogP contribution in [0.3, 0.4) is 0 Å². The van der Waals surface area contributed by atoms with Gasteiger partial charge in [-0.2, -0.15) is 0 Å². The number of ether oxygens (including phenoxy) is 1. The van der Waals surface area contributed by atoms with E-state index in [1.54, 1.807) is 7.11 Å². The van der Waals surface area contributed by atoms with Gasteiger partial charge < -0.3 is 10.1 Å². The van der Waals surface area contributed by atoms with Gasteiger partial charge in [0.05, 0.1) is 12.0 Å². The lowest BCUT2D eigenvalue weighted by molar-refractivity contribution is -0.115. The smallest absolute Gasteiger partial charge is 0.263 e. The maximum Gasteiger partial charge on any atom is 0.263 e. The molecule has 0 unspecified atom stereocenters. The highest BCUT2D eigenvalue weighted by Gasteiger charge is 2.24. The van der Waals surface area contributed by atoms with Crippen molar-refractivity contribution in [2.75, 3.05) is 7.11 Å². The summed E-state index contributed by atoms with van der Waals surface area (Å²) in [5, 5.41) is 2.61. The Balaban J connectivity index is 2.35. The van der Waals surface area contributed by atoms with Gasteiger partial charge in [0.15, 0.2) is 0 Å². The number of carbonyl (C=O) groups excluding carboxylic acids is 1. The average Bonchev–Trinajstić information content (AvgIpc) is 2.68. The molecule has 2 rings (SSSR count). The molecule has 0 aromatic heterocycles. The van der Waals surface area contributed by atoms with Crippen molar-refractivity contribution < 1.29 is 9.53 Å². The Morgan fingerprint density at radius 3 is 2.47 bits per heavy atom. The second-order valence-corrected chi connectivity index (χ2v) is 5.21. The summed E-state index contributed by atoms with van der Waals surface area (Å²) in [6.45, 7) is 1.91. The summed E-state index contributed by atoms with van der Waals surface area (Å²) >= 11 is 6.26. The van der Waals surface area contributed by atoms with Crippen molar-refractivity contribution in [1.29, 1.82) is 0 Å². The number of allylic oxidation sites excluding steroid dienone is 1. The molecule has 1 aliphatic heterocycles. The van der Waals surface area contributed by atoms with Crippen LogP contribution < -0.4 is 10.1 Å². The lowest BCUT2D eigenvalue weighted by atomic mass is 10.1. The number of nitrogens with one attached hydrogen (secondary N) is 1. The molecule has 17 heavy (non-hydrogen) atoms. The van der Waals surface area contributed by atoms with Crippen LogP contribution in [-0.4, -0.2) is 17.3 Å². The van der Waals surface area contributed by atoms with E-state index < -0.39 is 0 Å². The molecule has 5 heteroatoms. The maximum absolute atomic E-state index is 11.6. The zero-order valence-corrected chi connectivity index (χ0v) is 11.1. The standard InChI is InChI=1S/C12H11NO2S2/c1-7(10-11(14)13-12(16)17-10)8-3-5-9(15-2)6-4-8/h3-6H,1-2H3,(H,13,14,16)/b10-7-. The van der Waals surface area contributed by atoms with Crippen LogP contribution in [0.15, 0.2) is 29.2 Å². The molecule has 1 aliphatic rings. The molecule has 1 heterocycles. The predicted octanol–water partition coefficient (Wildman–Crippen LogP) is 2.57. The topological polar surface area (TPSA) is 38.3 Å². The summed E-state index contributed by atoms with van der Waals surface area (Å²) in [5.41, 5.74) is 1.92. The van der Waals surface area contributed by atoms with Crippen molar-refractivity contribution in [2.24, 2.45) is 0 Å². The number of rotatable bonds is 2. The highest BCUT2D eigenvalue weighted by molar-refractivity contribution is 8.26. The molecule has 1 aromatic carbocycles. The Morgan fingerprint density at radius 1 is 1.35 bits per heavy atom. The normalized spacial score (nSPS) is 18.0. The van der Waals surface area contributed by atoms with E-state index in [1.807, 2.05) is 31.2 Å². The van der Waals surface area contributed by atoms with Crippen molar-refractivity contribution >= 4 is 39.8 Å². The molecule has 1 N–H and O–H groups in total. The van der Waals surface area contributed by atoms with Gasteiger partial charge in [-0.15, -0.1) is 0 Å². The number of thioether (sulfide) groups is 1. The van der Waals surface area contributed by atoms with Crippen LogP contribution in [-0.2, 0) is 4.79 Å². The zero-order valence-electron chi connectivity index (χ0n) is 9.44. The lowest BCUT2D eigenvalue weighted by Gasteiger charge is -2.05. The molecule has 0 spiro atoms. The average molecular weight is 265 g/mol. The van der Waals surface area contributed by atoms with Crippen LogP contribution in [0.4, 0.5) is 0 Å². The monoisotopic (exact) mass is 265 g/mol. The highest BCUT2D eigenvalue weighted by Crippen LogP contribution is 2.32. The molecule has 0 saturated carbocycles. The number of hydrogen-bond acceptors (Lipinski definition) is 4. The molecule has 0 aliphatic carbocycles. The summed E-state index contributed by atoms with van der Waals surface area (Å²) in [4.78, 5) is 12.3. The second-order valence-electron chi connectivity index (χ2n) is 3.53. The minimum Gasteiger partial charge on any atom is -0.497 e. The van der Waals surface area contributed by atoms with Crippen molar-refractivity contribution in [2.45, 2.75) is 6.92 Å². The minimum atomic E-state index is -0.117. The third-order valence-corrected chi connectivity index (χ3v) is 3.82. The van der Waals surface area contributed by atoms with E-state index in [9.17, 15) is 4.79 Å². The Kier molecular flexibility index (Phi) is 3.49. The molecule has 3 nitrogen and oxygen atoms in total. The fourth-order valence-corrected chi connectivity index (χ4v) is 2.62. The second kappa shape index (κ2) is 4.89. The lowest BCUT2D eigenvalue weighted by Crippen LogP contribution is -2.18. The number of carbonyl (C=O) groups is 1. The predicted molar refractivity (Wildman–Crippen MR) is 73.9 cm³/mol. The molecule has 1 aromatic rings.